The number of allylic oxidation sites excluding steroid dienone is 2. The molecule has 0 aliphatic carbocycles. The molecule has 0 aromatic heterocycles. The zero-order valence-electron chi connectivity index (χ0n) is 14.4. The smallest absolute Gasteiger partial charge is 0.101 e. The second-order valence-corrected chi connectivity index (χ2v) is 6.70. The van der Waals surface area contributed by atoms with Crippen molar-refractivity contribution in [1.29, 1.82) is 0 Å². The predicted molar refractivity (Wildman–Crippen MR) is 88.9 cm³/mol. The highest BCUT2D eigenvalue weighted by atomic mass is 19.1. The number of hydrogen-bond donors (Lipinski definition) is 0. The van der Waals surface area contributed by atoms with Crippen molar-refractivity contribution in [3.63, 3.8) is 0 Å². The van der Waals surface area contributed by atoms with E-state index in [1.54, 1.807) is 6.92 Å². The van der Waals surface area contributed by atoms with Crippen molar-refractivity contribution in [2.24, 2.45) is 17.8 Å². The van der Waals surface area contributed by atoms with Crippen LogP contribution >= 0.6 is 0 Å². The maximum absolute atomic E-state index is 13.8. The Morgan fingerprint density at radius 1 is 1.19 bits per heavy atom. The molecule has 0 nitrogen and oxygen atoms in total. The van der Waals surface area contributed by atoms with E-state index in [-0.39, 0.29) is 18.5 Å². The Labute approximate surface area is 130 Å². The van der Waals surface area contributed by atoms with Crippen molar-refractivity contribution < 1.29 is 8.78 Å². The summed E-state index contributed by atoms with van der Waals surface area (Å²) < 4.78 is 26.3. The predicted octanol–water partition coefficient (Wildman–Crippen LogP) is 6.44. The fourth-order valence-electron chi connectivity index (χ4n) is 2.75. The van der Waals surface area contributed by atoms with Gasteiger partial charge in [-0.05, 0) is 62.5 Å². The number of hydrogen-bond acceptors (Lipinski definition) is 0. The summed E-state index contributed by atoms with van der Waals surface area (Å²) in [7, 11) is 0. The SMILES string of the molecule is C=C(C)CC(C)C(CC=C=C(CCF)CC(C)C)C(C)F. The van der Waals surface area contributed by atoms with Gasteiger partial charge in [0.15, 0.2) is 0 Å². The maximum atomic E-state index is 13.8. The average molecular weight is 298 g/mol. The van der Waals surface area contributed by atoms with E-state index in [1.165, 1.54) is 0 Å². The molecule has 122 valence electrons. The molecular formula is C19H32F2. The van der Waals surface area contributed by atoms with Gasteiger partial charge < -0.3 is 0 Å². The minimum Gasteiger partial charge on any atom is -0.251 e. The third-order valence-electron chi connectivity index (χ3n) is 3.74. The highest BCUT2D eigenvalue weighted by Gasteiger charge is 2.22. The molecule has 0 spiro atoms. The fraction of sp³-hybridized carbons (Fsp3) is 0.737. The highest BCUT2D eigenvalue weighted by Crippen LogP contribution is 2.27. The lowest BCUT2D eigenvalue weighted by atomic mass is 9.83. The third kappa shape index (κ3) is 9.63. The Hall–Kier alpha value is -0.880. The molecule has 0 heterocycles. The Bertz CT molecular complexity index is 360. The zero-order chi connectivity index (χ0) is 16.4. The summed E-state index contributed by atoms with van der Waals surface area (Å²) in [5, 5.41) is 0. The summed E-state index contributed by atoms with van der Waals surface area (Å²) in [4.78, 5) is 0. The van der Waals surface area contributed by atoms with Gasteiger partial charge in [0.1, 0.15) is 6.17 Å². The molecule has 0 rings (SSSR count). The molecule has 3 unspecified atom stereocenters. The third-order valence-corrected chi connectivity index (χ3v) is 3.74. The summed E-state index contributed by atoms with van der Waals surface area (Å²) in [5.41, 5.74) is 5.30. The molecule has 0 aromatic rings. The molecule has 0 saturated heterocycles. The van der Waals surface area contributed by atoms with Crippen LogP contribution in [-0.2, 0) is 0 Å². The minimum atomic E-state index is -0.855. The molecule has 0 aromatic carbocycles. The van der Waals surface area contributed by atoms with Crippen molar-refractivity contribution in [2.45, 2.75) is 66.5 Å². The van der Waals surface area contributed by atoms with Crippen molar-refractivity contribution in [1.82, 2.24) is 0 Å². The molecule has 0 fully saturated rings. The number of halogens is 2. The van der Waals surface area contributed by atoms with Crippen LogP contribution in [0, 0.1) is 17.8 Å². The Morgan fingerprint density at radius 3 is 2.24 bits per heavy atom. The second-order valence-electron chi connectivity index (χ2n) is 6.70. The normalized spacial score (nSPS) is 15.2. The van der Waals surface area contributed by atoms with Gasteiger partial charge in [-0.2, -0.15) is 0 Å². The van der Waals surface area contributed by atoms with Crippen LogP contribution in [0.25, 0.3) is 0 Å². The molecule has 3 atom stereocenters. The monoisotopic (exact) mass is 298 g/mol. The van der Waals surface area contributed by atoms with E-state index < -0.39 is 6.17 Å². The minimum absolute atomic E-state index is 0.0279. The van der Waals surface area contributed by atoms with Crippen LogP contribution in [0.2, 0.25) is 0 Å². The van der Waals surface area contributed by atoms with Crippen molar-refractivity contribution in [3.05, 3.63) is 29.5 Å². The Kier molecular flexibility index (Phi) is 10.3. The fourth-order valence-corrected chi connectivity index (χ4v) is 2.75. The first kappa shape index (κ1) is 20.1. The first-order valence-electron chi connectivity index (χ1n) is 8.05. The van der Waals surface area contributed by atoms with Crippen LogP contribution in [0.5, 0.6) is 0 Å². The lowest BCUT2D eigenvalue weighted by Crippen LogP contribution is -2.20. The lowest BCUT2D eigenvalue weighted by Gasteiger charge is -2.24. The van der Waals surface area contributed by atoms with E-state index in [4.69, 9.17) is 0 Å². The molecule has 0 aliphatic rings. The van der Waals surface area contributed by atoms with Crippen LogP contribution in [0.1, 0.15) is 60.3 Å². The van der Waals surface area contributed by atoms with Gasteiger partial charge in [0.25, 0.3) is 0 Å². The van der Waals surface area contributed by atoms with E-state index in [1.807, 2.05) is 13.0 Å². The van der Waals surface area contributed by atoms with Gasteiger partial charge in [0.2, 0.25) is 0 Å². The Balaban J connectivity index is 4.83. The van der Waals surface area contributed by atoms with Gasteiger partial charge >= 0.3 is 0 Å². The van der Waals surface area contributed by atoms with E-state index in [0.29, 0.717) is 18.8 Å². The van der Waals surface area contributed by atoms with Crippen LogP contribution in [0.15, 0.2) is 29.5 Å². The van der Waals surface area contributed by atoms with Crippen LogP contribution < -0.4 is 0 Å². The van der Waals surface area contributed by atoms with E-state index in [9.17, 15) is 8.78 Å². The molecule has 0 aliphatic heterocycles. The molecular weight excluding hydrogens is 266 g/mol. The molecule has 2 heteroatoms. The van der Waals surface area contributed by atoms with Crippen molar-refractivity contribution >= 4 is 0 Å². The first-order valence-corrected chi connectivity index (χ1v) is 8.05. The van der Waals surface area contributed by atoms with Gasteiger partial charge in [-0.15, -0.1) is 12.3 Å². The summed E-state index contributed by atoms with van der Waals surface area (Å²) >= 11 is 0. The van der Waals surface area contributed by atoms with Crippen LogP contribution in [0.4, 0.5) is 8.78 Å². The summed E-state index contributed by atoms with van der Waals surface area (Å²) in [6, 6.07) is 0. The molecule has 0 saturated carbocycles. The Morgan fingerprint density at radius 2 is 1.81 bits per heavy atom. The largest absolute Gasteiger partial charge is 0.251 e. The number of alkyl halides is 2. The molecule has 0 bridgehead atoms. The molecule has 0 radical (unpaired) electrons. The van der Waals surface area contributed by atoms with Crippen molar-refractivity contribution in [2.75, 3.05) is 6.67 Å². The first-order chi connectivity index (χ1) is 9.77. The molecule has 0 amide bonds. The number of rotatable bonds is 10. The van der Waals surface area contributed by atoms with E-state index >= 15 is 0 Å². The lowest BCUT2D eigenvalue weighted by molar-refractivity contribution is 0.189. The van der Waals surface area contributed by atoms with Gasteiger partial charge in [-0.3, -0.25) is 4.39 Å². The summed E-state index contributed by atoms with van der Waals surface area (Å²) in [6.45, 7) is 13.5. The van der Waals surface area contributed by atoms with Gasteiger partial charge in [-0.1, -0.05) is 26.3 Å². The van der Waals surface area contributed by atoms with Gasteiger partial charge in [0.05, 0.1) is 6.67 Å². The van der Waals surface area contributed by atoms with E-state index in [0.717, 1.165) is 24.0 Å². The quantitative estimate of drug-likeness (QED) is 0.321. The molecule has 0 N–H and O–H groups in total. The zero-order valence-corrected chi connectivity index (χ0v) is 14.4. The summed E-state index contributed by atoms with van der Waals surface area (Å²) in [6.07, 6.45) is 3.85. The molecule has 21 heavy (non-hydrogen) atoms. The standard InChI is InChI=1S/C19H32F2/c1-14(2)12-16(5)19(17(6)21)9-7-8-18(10-11-20)13-15(3)4/h7,15-17,19H,1,9-13H2,2-6H3. The van der Waals surface area contributed by atoms with Crippen molar-refractivity contribution in [3.8, 4) is 0 Å². The van der Waals surface area contributed by atoms with Gasteiger partial charge in [0, 0.05) is 6.42 Å². The average Bonchev–Trinajstić information content (AvgIpc) is 2.32. The van der Waals surface area contributed by atoms with Crippen LogP contribution in [0.3, 0.4) is 0 Å². The van der Waals surface area contributed by atoms with Gasteiger partial charge in [-0.25, -0.2) is 4.39 Å². The second kappa shape index (κ2) is 10.8. The van der Waals surface area contributed by atoms with E-state index in [2.05, 4.69) is 33.1 Å². The topological polar surface area (TPSA) is 0 Å². The highest BCUT2D eigenvalue weighted by molar-refractivity contribution is 5.03. The van der Waals surface area contributed by atoms with Crippen LogP contribution in [-0.4, -0.2) is 12.8 Å². The maximum Gasteiger partial charge on any atom is 0.101 e. The summed E-state index contributed by atoms with van der Waals surface area (Å²) in [5.74, 6) is 0.723.